The van der Waals surface area contributed by atoms with Crippen LogP contribution in [-0.2, 0) is 17.9 Å². The van der Waals surface area contributed by atoms with Gasteiger partial charge in [-0.25, -0.2) is 4.68 Å². The van der Waals surface area contributed by atoms with E-state index in [1.54, 1.807) is 6.20 Å². The van der Waals surface area contributed by atoms with Crippen molar-refractivity contribution in [3.8, 4) is 0 Å². The molecule has 150 valence electrons. The van der Waals surface area contributed by atoms with Crippen LogP contribution in [-0.4, -0.2) is 15.7 Å². The van der Waals surface area contributed by atoms with Crippen LogP contribution < -0.4 is 16.2 Å². The summed E-state index contributed by atoms with van der Waals surface area (Å²) in [6.07, 6.45) is 1.56. The molecular formula is C22H23ClN4O2. The van der Waals surface area contributed by atoms with Gasteiger partial charge in [0.25, 0.3) is 5.56 Å². The Bertz CT molecular complexity index is 1030. The number of benzene rings is 2. The van der Waals surface area contributed by atoms with Gasteiger partial charge in [-0.3, -0.25) is 9.59 Å². The van der Waals surface area contributed by atoms with Gasteiger partial charge in [-0.1, -0.05) is 67.9 Å². The van der Waals surface area contributed by atoms with E-state index in [4.69, 9.17) is 11.6 Å². The lowest BCUT2D eigenvalue weighted by molar-refractivity contribution is -0.118. The number of carbonyl (C=O) groups excluding carboxylic acids is 1. The number of amides is 1. The van der Waals surface area contributed by atoms with Crippen molar-refractivity contribution in [2.24, 2.45) is 5.92 Å². The molecule has 6 nitrogen and oxygen atoms in total. The fraction of sp³-hybridized carbons (Fsp3) is 0.227. The molecule has 0 fully saturated rings. The average Bonchev–Trinajstić information content (AvgIpc) is 2.72. The van der Waals surface area contributed by atoms with Gasteiger partial charge in [0.15, 0.2) is 0 Å². The standard InChI is InChI=1S/C22H23ClN4O2/c1-15(2)21(28)26-18-10-8-16(9-11-18)12-24-19-13-25-27(22(29)20(19)23)14-17-6-4-3-5-7-17/h3-11,13,15,24H,12,14H2,1-2H3,(H,26,28). The first-order valence-electron chi connectivity index (χ1n) is 9.37. The van der Waals surface area contributed by atoms with Crippen molar-refractivity contribution >= 4 is 28.9 Å². The number of halogens is 1. The van der Waals surface area contributed by atoms with Crippen molar-refractivity contribution in [3.63, 3.8) is 0 Å². The third-order valence-electron chi connectivity index (χ3n) is 4.39. The Hall–Kier alpha value is -3.12. The Balaban J connectivity index is 1.64. The van der Waals surface area contributed by atoms with Crippen molar-refractivity contribution in [1.82, 2.24) is 9.78 Å². The predicted octanol–water partition coefficient (Wildman–Crippen LogP) is 4.15. The van der Waals surface area contributed by atoms with E-state index in [0.717, 1.165) is 16.8 Å². The minimum atomic E-state index is -0.340. The van der Waals surface area contributed by atoms with Gasteiger partial charge >= 0.3 is 0 Å². The van der Waals surface area contributed by atoms with Gasteiger partial charge in [0.05, 0.1) is 18.4 Å². The second-order valence-corrected chi connectivity index (χ2v) is 7.39. The maximum Gasteiger partial charge on any atom is 0.287 e. The molecule has 0 bridgehead atoms. The van der Waals surface area contributed by atoms with Gasteiger partial charge in [0.2, 0.25) is 5.91 Å². The first-order valence-corrected chi connectivity index (χ1v) is 9.75. The molecule has 0 radical (unpaired) electrons. The van der Waals surface area contributed by atoms with Crippen LogP contribution in [0.4, 0.5) is 11.4 Å². The largest absolute Gasteiger partial charge is 0.378 e. The molecule has 0 unspecified atom stereocenters. The van der Waals surface area contributed by atoms with Crippen LogP contribution in [0.2, 0.25) is 5.02 Å². The lowest BCUT2D eigenvalue weighted by atomic mass is 10.1. The second kappa shape index (κ2) is 9.39. The zero-order chi connectivity index (χ0) is 20.8. The number of rotatable bonds is 7. The van der Waals surface area contributed by atoms with Gasteiger partial charge in [-0.2, -0.15) is 5.10 Å². The predicted molar refractivity (Wildman–Crippen MR) is 116 cm³/mol. The highest BCUT2D eigenvalue weighted by Gasteiger charge is 2.10. The topological polar surface area (TPSA) is 76.0 Å². The molecule has 0 spiro atoms. The molecule has 2 aromatic carbocycles. The maximum atomic E-state index is 12.5. The summed E-state index contributed by atoms with van der Waals surface area (Å²) in [5, 5.41) is 10.3. The summed E-state index contributed by atoms with van der Waals surface area (Å²) in [5.74, 6) is -0.0974. The summed E-state index contributed by atoms with van der Waals surface area (Å²) in [4.78, 5) is 24.2. The Labute approximate surface area is 174 Å². The van der Waals surface area contributed by atoms with Gasteiger partial charge in [0.1, 0.15) is 5.02 Å². The van der Waals surface area contributed by atoms with Crippen LogP contribution in [0.3, 0.4) is 0 Å². The summed E-state index contributed by atoms with van der Waals surface area (Å²) in [6.45, 7) is 4.53. The van der Waals surface area contributed by atoms with Crippen LogP contribution >= 0.6 is 11.6 Å². The molecule has 0 aliphatic heterocycles. The minimum absolute atomic E-state index is 0.0233. The lowest BCUT2D eigenvalue weighted by Gasteiger charge is -2.11. The summed E-state index contributed by atoms with van der Waals surface area (Å²) in [7, 11) is 0. The molecule has 0 saturated carbocycles. The van der Waals surface area contributed by atoms with E-state index >= 15 is 0 Å². The van der Waals surface area contributed by atoms with E-state index in [1.165, 1.54) is 4.68 Å². The Morgan fingerprint density at radius 3 is 2.41 bits per heavy atom. The zero-order valence-electron chi connectivity index (χ0n) is 16.4. The number of hydrogen-bond donors (Lipinski definition) is 2. The first kappa shape index (κ1) is 20.6. The summed E-state index contributed by atoms with van der Waals surface area (Å²) >= 11 is 6.26. The van der Waals surface area contributed by atoms with Gasteiger partial charge in [0, 0.05) is 18.2 Å². The van der Waals surface area contributed by atoms with Crippen molar-refractivity contribution in [1.29, 1.82) is 0 Å². The summed E-state index contributed by atoms with van der Waals surface area (Å²) < 4.78 is 1.34. The Morgan fingerprint density at radius 1 is 1.07 bits per heavy atom. The number of aromatic nitrogens is 2. The Kier molecular flexibility index (Phi) is 6.67. The van der Waals surface area contributed by atoms with Gasteiger partial charge < -0.3 is 10.6 Å². The fourth-order valence-electron chi connectivity index (χ4n) is 2.65. The van der Waals surface area contributed by atoms with Crippen LogP contribution in [0, 0.1) is 5.92 Å². The summed E-state index contributed by atoms with van der Waals surface area (Å²) in [5.41, 5.74) is 2.85. The molecule has 1 aromatic heterocycles. The third kappa shape index (κ3) is 5.45. The number of nitrogens with zero attached hydrogens (tertiary/aromatic N) is 2. The normalized spacial score (nSPS) is 10.8. The number of nitrogens with one attached hydrogen (secondary N) is 2. The highest BCUT2D eigenvalue weighted by atomic mass is 35.5. The molecule has 3 aromatic rings. The smallest absolute Gasteiger partial charge is 0.287 e. The summed E-state index contributed by atoms with van der Waals surface area (Å²) in [6, 6.07) is 17.1. The SMILES string of the molecule is CC(C)C(=O)Nc1ccc(CNc2cnn(Cc3ccccc3)c(=O)c2Cl)cc1. The highest BCUT2D eigenvalue weighted by molar-refractivity contribution is 6.32. The van der Waals surface area contributed by atoms with Gasteiger partial charge in [-0.05, 0) is 23.3 Å². The van der Waals surface area contributed by atoms with E-state index in [9.17, 15) is 9.59 Å². The van der Waals surface area contributed by atoms with E-state index in [0.29, 0.717) is 18.8 Å². The number of anilines is 2. The van der Waals surface area contributed by atoms with Crippen molar-refractivity contribution in [2.45, 2.75) is 26.9 Å². The third-order valence-corrected chi connectivity index (χ3v) is 4.75. The molecule has 1 amide bonds. The van der Waals surface area contributed by atoms with E-state index in [1.807, 2.05) is 68.4 Å². The van der Waals surface area contributed by atoms with E-state index in [-0.39, 0.29) is 22.4 Å². The molecule has 7 heteroatoms. The molecule has 29 heavy (non-hydrogen) atoms. The molecule has 0 saturated heterocycles. The molecule has 2 N–H and O–H groups in total. The highest BCUT2D eigenvalue weighted by Crippen LogP contribution is 2.18. The number of hydrogen-bond acceptors (Lipinski definition) is 4. The molecule has 1 heterocycles. The molecule has 0 atom stereocenters. The van der Waals surface area contributed by atoms with Crippen molar-refractivity contribution in [2.75, 3.05) is 10.6 Å². The average molecular weight is 411 g/mol. The molecule has 3 rings (SSSR count). The van der Waals surface area contributed by atoms with Crippen molar-refractivity contribution < 1.29 is 4.79 Å². The quantitative estimate of drug-likeness (QED) is 0.613. The van der Waals surface area contributed by atoms with Gasteiger partial charge in [-0.15, -0.1) is 0 Å². The minimum Gasteiger partial charge on any atom is -0.378 e. The molecule has 0 aliphatic rings. The van der Waals surface area contributed by atoms with Crippen molar-refractivity contribution in [3.05, 3.63) is 87.3 Å². The van der Waals surface area contributed by atoms with Crippen LogP contribution in [0.1, 0.15) is 25.0 Å². The lowest BCUT2D eigenvalue weighted by Crippen LogP contribution is -2.24. The zero-order valence-corrected chi connectivity index (χ0v) is 17.1. The Morgan fingerprint density at radius 2 is 1.76 bits per heavy atom. The molecule has 0 aliphatic carbocycles. The van der Waals surface area contributed by atoms with E-state index < -0.39 is 0 Å². The monoisotopic (exact) mass is 410 g/mol. The van der Waals surface area contributed by atoms with E-state index in [2.05, 4.69) is 15.7 Å². The van der Waals surface area contributed by atoms with Crippen LogP contribution in [0.15, 0.2) is 65.6 Å². The maximum absolute atomic E-state index is 12.5. The molecular weight excluding hydrogens is 388 g/mol. The number of carbonyl (C=O) groups is 1. The van der Waals surface area contributed by atoms with Crippen LogP contribution in [0.25, 0.3) is 0 Å². The first-order chi connectivity index (χ1) is 13.9. The second-order valence-electron chi connectivity index (χ2n) is 7.02. The van der Waals surface area contributed by atoms with Crippen LogP contribution in [0.5, 0.6) is 0 Å². The fourth-order valence-corrected chi connectivity index (χ4v) is 2.86.